The fourth-order valence-electron chi connectivity index (χ4n) is 4.85. The monoisotopic (exact) mass is 710 g/mol. The summed E-state index contributed by atoms with van der Waals surface area (Å²) >= 11 is 3.39. The first-order valence-corrected chi connectivity index (χ1v) is 17.2. The Balaban J connectivity index is 1.49. The molecule has 4 N–H and O–H groups in total. The Hall–Kier alpha value is -5.18. The molecular weight excluding hydrogens is 680 g/mol. The third-order valence-corrected chi connectivity index (χ3v) is 9.48. The molecule has 5 aromatic rings. The second-order valence-corrected chi connectivity index (χ2v) is 13.3. The SMILES string of the molecule is COc1cccc(Nc2cc(C(N)=O)nc3c(C)cc(S(=O)(=O)c4cccc(C(=O)Nc5cccc(C#CCCCBr)c5)c4)cc23)c1. The minimum Gasteiger partial charge on any atom is -0.497 e. The molecule has 1 heterocycles. The number of hydrogen-bond acceptors (Lipinski definition) is 7. The Morgan fingerprint density at radius 1 is 0.936 bits per heavy atom. The van der Waals surface area contributed by atoms with E-state index in [0.717, 1.165) is 23.7 Å². The number of methoxy groups -OCH3 is 1. The minimum atomic E-state index is -4.10. The number of primary amides is 1. The van der Waals surface area contributed by atoms with Gasteiger partial charge in [-0.1, -0.05) is 46.0 Å². The van der Waals surface area contributed by atoms with Gasteiger partial charge in [-0.15, -0.1) is 0 Å². The molecule has 2 amide bonds. The molecule has 0 aliphatic rings. The number of pyridine rings is 1. The largest absolute Gasteiger partial charge is 0.497 e. The number of unbranched alkanes of at least 4 members (excludes halogenated alkanes) is 1. The Morgan fingerprint density at radius 2 is 1.70 bits per heavy atom. The lowest BCUT2D eigenvalue weighted by Crippen LogP contribution is -2.14. The number of aromatic nitrogens is 1. The van der Waals surface area contributed by atoms with E-state index in [2.05, 4.69) is 43.4 Å². The summed E-state index contributed by atoms with van der Waals surface area (Å²) in [5, 5.41) is 7.42. The first-order valence-electron chi connectivity index (χ1n) is 14.6. The van der Waals surface area contributed by atoms with Gasteiger partial charge >= 0.3 is 0 Å². The van der Waals surface area contributed by atoms with Crippen molar-refractivity contribution in [3.63, 3.8) is 0 Å². The first-order chi connectivity index (χ1) is 22.6. The molecule has 0 atom stereocenters. The van der Waals surface area contributed by atoms with Crippen LogP contribution >= 0.6 is 15.9 Å². The summed E-state index contributed by atoms with van der Waals surface area (Å²) < 4.78 is 33.3. The summed E-state index contributed by atoms with van der Waals surface area (Å²) in [5.74, 6) is 5.61. The second kappa shape index (κ2) is 14.5. The lowest BCUT2D eigenvalue weighted by Gasteiger charge is -2.15. The highest BCUT2D eigenvalue weighted by molar-refractivity contribution is 9.09. The van der Waals surface area contributed by atoms with E-state index in [4.69, 9.17) is 10.5 Å². The van der Waals surface area contributed by atoms with Crippen LogP contribution in [0.3, 0.4) is 0 Å². The summed E-state index contributed by atoms with van der Waals surface area (Å²) in [4.78, 5) is 29.7. The number of rotatable bonds is 10. The zero-order chi connectivity index (χ0) is 33.6. The summed E-state index contributed by atoms with van der Waals surface area (Å²) in [5.41, 5.74) is 9.07. The third kappa shape index (κ3) is 7.80. The number of carbonyl (C=O) groups is 2. The Bertz CT molecular complexity index is 2170. The molecule has 0 saturated carbocycles. The maximum Gasteiger partial charge on any atom is 0.267 e. The number of aryl methyl sites for hydroxylation is 1. The molecule has 0 spiro atoms. The van der Waals surface area contributed by atoms with Gasteiger partial charge < -0.3 is 21.1 Å². The quantitative estimate of drug-likeness (QED) is 0.0805. The average Bonchev–Trinajstić information content (AvgIpc) is 3.07. The molecule has 0 saturated heterocycles. The highest BCUT2D eigenvalue weighted by Crippen LogP contribution is 2.34. The van der Waals surface area contributed by atoms with Crippen molar-refractivity contribution in [1.29, 1.82) is 0 Å². The van der Waals surface area contributed by atoms with E-state index in [1.165, 1.54) is 36.4 Å². The predicted molar refractivity (Wildman–Crippen MR) is 187 cm³/mol. The maximum atomic E-state index is 14.0. The van der Waals surface area contributed by atoms with Crippen molar-refractivity contribution in [3.05, 3.63) is 113 Å². The zero-order valence-corrected chi connectivity index (χ0v) is 28.0. The van der Waals surface area contributed by atoms with Gasteiger partial charge in [0, 0.05) is 45.7 Å². The molecular formula is C36H31BrN4O5S. The van der Waals surface area contributed by atoms with Gasteiger partial charge in [0.25, 0.3) is 11.8 Å². The molecule has 238 valence electrons. The van der Waals surface area contributed by atoms with Crippen LogP contribution in [-0.4, -0.2) is 37.7 Å². The number of fused-ring (bicyclic) bond motifs is 1. The highest BCUT2D eigenvalue weighted by Gasteiger charge is 2.23. The topological polar surface area (TPSA) is 140 Å². The number of hydrogen-bond donors (Lipinski definition) is 3. The number of nitrogens with one attached hydrogen (secondary N) is 2. The van der Waals surface area contributed by atoms with E-state index in [1.807, 2.05) is 6.07 Å². The zero-order valence-electron chi connectivity index (χ0n) is 25.6. The average molecular weight is 712 g/mol. The smallest absolute Gasteiger partial charge is 0.267 e. The fraction of sp³-hybridized carbons (Fsp3) is 0.139. The molecule has 0 unspecified atom stereocenters. The van der Waals surface area contributed by atoms with E-state index in [-0.39, 0.29) is 21.0 Å². The molecule has 4 aromatic carbocycles. The van der Waals surface area contributed by atoms with Crippen LogP contribution in [0.1, 0.15) is 44.8 Å². The minimum absolute atomic E-state index is 0.00596. The molecule has 11 heteroatoms. The number of nitrogens with two attached hydrogens (primary N) is 1. The molecule has 1 aromatic heterocycles. The van der Waals surface area contributed by atoms with Crippen LogP contribution in [0.25, 0.3) is 10.9 Å². The second-order valence-electron chi connectivity index (χ2n) is 10.6. The van der Waals surface area contributed by atoms with E-state index in [1.54, 1.807) is 62.6 Å². The third-order valence-electron chi connectivity index (χ3n) is 7.18. The van der Waals surface area contributed by atoms with Crippen molar-refractivity contribution < 1.29 is 22.7 Å². The lowest BCUT2D eigenvalue weighted by molar-refractivity contribution is 0.0993. The van der Waals surface area contributed by atoms with Gasteiger partial charge in [0.1, 0.15) is 11.4 Å². The number of anilines is 3. The van der Waals surface area contributed by atoms with Gasteiger partial charge in [0.2, 0.25) is 9.84 Å². The van der Waals surface area contributed by atoms with E-state index in [9.17, 15) is 18.0 Å². The summed E-state index contributed by atoms with van der Waals surface area (Å²) in [6, 6.07) is 24.6. The number of alkyl halides is 1. The first kappa shape index (κ1) is 33.2. The number of carbonyl (C=O) groups excluding carboxylic acids is 2. The predicted octanol–water partition coefficient (Wildman–Crippen LogP) is 7.01. The Labute approximate surface area is 281 Å². The summed E-state index contributed by atoms with van der Waals surface area (Å²) in [6.07, 6.45) is 1.70. The van der Waals surface area contributed by atoms with Gasteiger partial charge in [-0.3, -0.25) is 9.59 Å². The number of ether oxygens (including phenoxy) is 1. The van der Waals surface area contributed by atoms with E-state index >= 15 is 0 Å². The van der Waals surface area contributed by atoms with E-state index < -0.39 is 21.7 Å². The highest BCUT2D eigenvalue weighted by atomic mass is 79.9. The van der Waals surface area contributed by atoms with Gasteiger partial charge in [0.15, 0.2) is 0 Å². The molecule has 0 bridgehead atoms. The number of amides is 2. The van der Waals surface area contributed by atoms with Gasteiger partial charge in [-0.05, 0) is 85.6 Å². The Kier molecular flexibility index (Phi) is 10.2. The molecule has 0 aliphatic heterocycles. The van der Waals surface area contributed by atoms with Crippen LogP contribution in [-0.2, 0) is 9.84 Å². The van der Waals surface area contributed by atoms with Gasteiger partial charge in [-0.25, -0.2) is 13.4 Å². The lowest BCUT2D eigenvalue weighted by atomic mass is 10.1. The van der Waals surface area contributed by atoms with Crippen LogP contribution in [0, 0.1) is 18.8 Å². The summed E-state index contributed by atoms with van der Waals surface area (Å²) in [7, 11) is -2.55. The summed E-state index contributed by atoms with van der Waals surface area (Å²) in [6.45, 7) is 1.71. The fourth-order valence-corrected chi connectivity index (χ4v) is 6.54. The van der Waals surface area contributed by atoms with E-state index in [0.29, 0.717) is 39.3 Å². The van der Waals surface area contributed by atoms with Crippen LogP contribution in [0.5, 0.6) is 5.75 Å². The number of sulfone groups is 1. The molecule has 9 nitrogen and oxygen atoms in total. The van der Waals surface area contributed by atoms with Crippen molar-refractivity contribution >= 4 is 65.5 Å². The van der Waals surface area contributed by atoms with Crippen molar-refractivity contribution in [2.75, 3.05) is 23.1 Å². The number of benzene rings is 4. The van der Waals surface area contributed by atoms with Gasteiger partial charge in [0.05, 0.1) is 28.1 Å². The van der Waals surface area contributed by atoms with Crippen LogP contribution < -0.4 is 21.1 Å². The standard InChI is InChI=1S/C36H31BrN4O5S/c1-23-17-30(21-31-32(22-33(35(38)42)41-34(23)31)39-27-13-8-14-28(20-27)46-2)47(44,45)29-15-7-11-25(19-29)36(43)40-26-12-6-10-24(18-26)9-4-3-5-16-37/h6-8,10-15,17-22H,3,5,16H2,1-2H3,(H2,38,42)(H,39,41)(H,40,43). The van der Waals surface area contributed by atoms with Crippen LogP contribution in [0.15, 0.2) is 101 Å². The van der Waals surface area contributed by atoms with Crippen molar-refractivity contribution in [1.82, 2.24) is 4.98 Å². The van der Waals surface area contributed by atoms with Crippen molar-refractivity contribution in [3.8, 4) is 17.6 Å². The molecule has 0 radical (unpaired) electrons. The normalized spacial score (nSPS) is 11.0. The molecule has 0 aliphatic carbocycles. The van der Waals surface area contributed by atoms with Gasteiger partial charge in [-0.2, -0.15) is 0 Å². The van der Waals surface area contributed by atoms with Crippen LogP contribution in [0.2, 0.25) is 0 Å². The van der Waals surface area contributed by atoms with Crippen LogP contribution in [0.4, 0.5) is 17.1 Å². The molecule has 47 heavy (non-hydrogen) atoms. The molecule has 5 rings (SSSR count). The van der Waals surface area contributed by atoms with Crippen molar-refractivity contribution in [2.24, 2.45) is 5.73 Å². The Morgan fingerprint density at radius 3 is 2.47 bits per heavy atom. The number of halogens is 1. The van der Waals surface area contributed by atoms with Crippen molar-refractivity contribution in [2.45, 2.75) is 29.6 Å². The maximum absolute atomic E-state index is 14.0. The number of nitrogens with zero attached hydrogens (tertiary/aromatic N) is 1. The molecule has 0 fully saturated rings.